The zero-order chi connectivity index (χ0) is 46.7. The highest BCUT2D eigenvalue weighted by atomic mass is 32.1. The molecule has 4 aromatic rings. The molecule has 1 aromatic heterocycles. The monoisotopic (exact) mass is 900 g/mol. The lowest BCUT2D eigenvalue weighted by molar-refractivity contribution is -0.140. The number of benzene rings is 3. The number of aldehydes is 1. The molecule has 2 aliphatic rings. The van der Waals surface area contributed by atoms with Gasteiger partial charge in [-0.05, 0) is 81.0 Å². The summed E-state index contributed by atoms with van der Waals surface area (Å²) >= 11 is 5.58. The Labute approximate surface area is 367 Å². The molecule has 2 aliphatic heterocycles. The molecule has 0 saturated carbocycles. The van der Waals surface area contributed by atoms with Crippen molar-refractivity contribution in [2.24, 2.45) is 0 Å². The Kier molecular flexibility index (Phi) is 13.2. The van der Waals surface area contributed by atoms with Crippen LogP contribution in [0.15, 0.2) is 72.9 Å². The molecule has 21 heteroatoms. The first kappa shape index (κ1) is 45.9. The van der Waals surface area contributed by atoms with E-state index in [1.54, 1.807) is 24.3 Å². The van der Waals surface area contributed by atoms with Crippen LogP contribution in [0, 0.1) is 17.1 Å². The van der Waals surface area contributed by atoms with E-state index in [-0.39, 0.29) is 59.2 Å². The molecule has 3 N–H and O–H groups in total. The number of hydrogen-bond donors (Lipinski definition) is 3. The van der Waals surface area contributed by atoms with Crippen LogP contribution in [0.3, 0.4) is 0 Å². The van der Waals surface area contributed by atoms with E-state index in [2.05, 4.69) is 20.9 Å². The van der Waals surface area contributed by atoms with Gasteiger partial charge in [-0.2, -0.15) is 18.4 Å². The third-order valence-corrected chi connectivity index (χ3v) is 10.7. The van der Waals surface area contributed by atoms with E-state index in [0.717, 1.165) is 21.9 Å². The maximum atomic E-state index is 15.3. The van der Waals surface area contributed by atoms with E-state index in [1.807, 2.05) is 0 Å². The second-order valence-corrected chi connectivity index (χ2v) is 15.2. The van der Waals surface area contributed by atoms with Crippen LogP contribution in [-0.2, 0) is 25.4 Å². The zero-order valence-electron chi connectivity index (χ0n) is 34.0. The number of amides is 6. The van der Waals surface area contributed by atoms with Crippen molar-refractivity contribution in [1.29, 1.82) is 5.26 Å². The number of pyridine rings is 1. The minimum Gasteiger partial charge on any atom is -0.483 e. The number of aromatic nitrogens is 1. The fourth-order valence-electron chi connectivity index (χ4n) is 6.95. The van der Waals surface area contributed by atoms with Gasteiger partial charge in [-0.1, -0.05) is 18.2 Å². The fourth-order valence-corrected chi connectivity index (χ4v) is 7.39. The number of halogens is 4. The van der Waals surface area contributed by atoms with Gasteiger partial charge in [0.2, 0.25) is 11.8 Å². The average molecular weight is 901 g/mol. The maximum Gasteiger partial charge on any atom is 0.420 e. The van der Waals surface area contributed by atoms with E-state index in [4.69, 9.17) is 22.2 Å². The number of rotatable bonds is 13. The number of carbonyl (C=O) groups excluding carboxylic acids is 7. The molecule has 3 aromatic carbocycles. The summed E-state index contributed by atoms with van der Waals surface area (Å²) < 4.78 is 62.1. The molecule has 1 fully saturated rings. The lowest BCUT2D eigenvalue weighted by atomic mass is 10.0. The molecule has 1 unspecified atom stereocenters. The molecule has 16 nitrogen and oxygen atoms in total. The number of ether oxygens (including phenoxy) is 1. The minimum absolute atomic E-state index is 0.00402. The summed E-state index contributed by atoms with van der Waals surface area (Å²) in [6.07, 6.45) is -3.33. The lowest BCUT2D eigenvalue weighted by Crippen LogP contribution is -2.54. The third kappa shape index (κ3) is 9.26. The molecule has 0 aliphatic carbocycles. The largest absolute Gasteiger partial charge is 0.483 e. The highest BCUT2D eigenvalue weighted by molar-refractivity contribution is 7.80. The van der Waals surface area contributed by atoms with Gasteiger partial charge in [-0.3, -0.25) is 44.0 Å². The second kappa shape index (κ2) is 18.4. The predicted octanol–water partition coefficient (Wildman–Crippen LogP) is 4.31. The number of thiocarbonyl (C=S) groups is 1. The normalized spacial score (nSPS) is 14.8. The minimum atomic E-state index is -5.18. The molecule has 0 bridgehead atoms. The summed E-state index contributed by atoms with van der Waals surface area (Å²) in [7, 11) is 1.22. The zero-order valence-corrected chi connectivity index (χ0v) is 34.9. The Morgan fingerprint density at radius 2 is 1.72 bits per heavy atom. The van der Waals surface area contributed by atoms with Gasteiger partial charge in [0.05, 0.1) is 51.6 Å². The topological polar surface area (TPSA) is 211 Å². The van der Waals surface area contributed by atoms with E-state index >= 15 is 4.39 Å². The quantitative estimate of drug-likeness (QED) is 0.0563. The molecule has 0 radical (unpaired) electrons. The van der Waals surface area contributed by atoms with E-state index in [1.165, 1.54) is 68.4 Å². The van der Waals surface area contributed by atoms with Gasteiger partial charge in [0.1, 0.15) is 23.6 Å². The first-order valence-corrected chi connectivity index (χ1v) is 19.6. The summed E-state index contributed by atoms with van der Waals surface area (Å²) in [6.45, 7) is 2.47. The Balaban J connectivity index is 1.02. The summed E-state index contributed by atoms with van der Waals surface area (Å²) in [5.41, 5.74) is -3.23. The van der Waals surface area contributed by atoms with Crippen LogP contribution in [0.25, 0.3) is 11.3 Å². The standard InChI is InChI=1S/C43H36F4N8O8S/c1-42(2,22-56)55(41(64)53(3)29-14-11-25(19-48)35(36(29)44)43(45,46)47)26-12-13-28(51-20-26)23-7-9-24(10-8-23)37(59)50-18-17-49-33(58)21-63-31-6-4-5-27-34(31)40(62)54(39(27)61)30-15-16-32(57)52-38(30)60/h4-14,20,22,30H,15-18,21H2,1-3H3,(H,49,58)(H,50,59)(H,52,57,60). The van der Waals surface area contributed by atoms with Gasteiger partial charge in [0.25, 0.3) is 23.6 Å². The number of nitrogens with zero attached hydrogens (tertiary/aromatic N) is 5. The molecule has 3 heterocycles. The van der Waals surface area contributed by atoms with E-state index in [0.29, 0.717) is 17.5 Å². The van der Waals surface area contributed by atoms with Gasteiger partial charge < -0.3 is 30.0 Å². The Bertz CT molecular complexity index is 2630. The third-order valence-electron chi connectivity index (χ3n) is 10.2. The van der Waals surface area contributed by atoms with Crippen LogP contribution in [0.4, 0.5) is 28.9 Å². The van der Waals surface area contributed by atoms with Crippen molar-refractivity contribution >= 4 is 70.4 Å². The van der Waals surface area contributed by atoms with Gasteiger partial charge >= 0.3 is 6.18 Å². The SMILES string of the molecule is CN(C(=S)N(c1ccc(-c2ccc(C(=O)NCCNC(=O)COc3cccc4c3C(=O)N(C3CCC(=O)NC3=O)C4=O)cc2)nc1)C(C)(C)C=O)c1ccc(C#N)c(C(F)(F)F)c1F. The van der Waals surface area contributed by atoms with Crippen LogP contribution in [0.1, 0.15) is 68.9 Å². The first-order valence-electron chi connectivity index (χ1n) is 19.2. The number of piperidine rings is 1. The van der Waals surface area contributed by atoms with Crippen LogP contribution in [0.5, 0.6) is 5.75 Å². The van der Waals surface area contributed by atoms with Gasteiger partial charge in [0, 0.05) is 37.7 Å². The lowest BCUT2D eigenvalue weighted by Gasteiger charge is -2.39. The number of anilines is 2. The number of alkyl halides is 3. The molecule has 1 saturated heterocycles. The van der Waals surface area contributed by atoms with Crippen LogP contribution >= 0.6 is 12.2 Å². The van der Waals surface area contributed by atoms with Crippen molar-refractivity contribution in [3.05, 3.63) is 107 Å². The fraction of sp³-hybridized carbons (Fsp3) is 0.256. The number of carbonyl (C=O) groups is 7. The highest BCUT2D eigenvalue weighted by Gasteiger charge is 2.46. The van der Waals surface area contributed by atoms with Crippen molar-refractivity contribution in [3.8, 4) is 23.1 Å². The van der Waals surface area contributed by atoms with Crippen LogP contribution < -0.4 is 30.5 Å². The van der Waals surface area contributed by atoms with E-state index < -0.39 is 82.4 Å². The highest BCUT2D eigenvalue weighted by Crippen LogP contribution is 2.39. The summed E-state index contributed by atoms with van der Waals surface area (Å²) in [5, 5.41) is 16.3. The molecule has 64 heavy (non-hydrogen) atoms. The van der Waals surface area contributed by atoms with E-state index in [9.17, 15) is 46.7 Å². The number of hydrogen-bond acceptors (Lipinski definition) is 11. The maximum absolute atomic E-state index is 15.3. The number of nitriles is 1. The van der Waals surface area contributed by atoms with Crippen LogP contribution in [0.2, 0.25) is 0 Å². The number of nitrogens with one attached hydrogen (secondary N) is 3. The van der Waals surface area contributed by atoms with Crippen molar-refractivity contribution < 1.29 is 55.9 Å². The molecular formula is C43H36F4N8O8S. The summed E-state index contributed by atoms with van der Waals surface area (Å²) in [4.78, 5) is 95.4. The molecule has 330 valence electrons. The van der Waals surface area contributed by atoms with Gasteiger partial charge in [-0.15, -0.1) is 0 Å². The predicted molar refractivity (Wildman–Crippen MR) is 223 cm³/mol. The molecule has 6 amide bonds. The Hall–Kier alpha value is -7.60. The smallest absolute Gasteiger partial charge is 0.420 e. The summed E-state index contributed by atoms with van der Waals surface area (Å²) in [6, 6.07) is 15.7. The van der Waals surface area contributed by atoms with Crippen molar-refractivity contribution in [1.82, 2.24) is 25.8 Å². The second-order valence-electron chi connectivity index (χ2n) is 14.9. The Morgan fingerprint density at radius 1 is 1.02 bits per heavy atom. The molecule has 0 spiro atoms. The van der Waals surface area contributed by atoms with Gasteiger partial charge in [0.15, 0.2) is 17.5 Å². The van der Waals surface area contributed by atoms with Crippen molar-refractivity contribution in [2.45, 2.75) is 44.4 Å². The number of imide groups is 2. The van der Waals surface area contributed by atoms with Gasteiger partial charge in [-0.25, -0.2) is 4.39 Å². The summed E-state index contributed by atoms with van der Waals surface area (Å²) in [5.74, 6) is -5.61. The average Bonchev–Trinajstić information content (AvgIpc) is 3.52. The first-order chi connectivity index (χ1) is 30.3. The molecule has 1 atom stereocenters. The molecular weight excluding hydrogens is 865 g/mol. The number of fused-ring (bicyclic) bond motifs is 1. The van der Waals surface area contributed by atoms with Crippen molar-refractivity contribution in [3.63, 3.8) is 0 Å². The van der Waals surface area contributed by atoms with Crippen LogP contribution in [-0.4, -0.2) is 95.1 Å². The molecule has 6 rings (SSSR count). The Morgan fingerprint density at radius 3 is 2.34 bits per heavy atom. The van der Waals surface area contributed by atoms with Crippen molar-refractivity contribution in [2.75, 3.05) is 36.5 Å².